The van der Waals surface area contributed by atoms with E-state index in [2.05, 4.69) is 0 Å². The Bertz CT molecular complexity index is 215. The summed E-state index contributed by atoms with van der Waals surface area (Å²) in [5, 5.41) is 0. The summed E-state index contributed by atoms with van der Waals surface area (Å²) in [5.74, 6) is 0. The Morgan fingerprint density at radius 3 is 1.80 bits per heavy atom. The molecular formula is C10H21O4P. The second kappa shape index (κ2) is 8.03. The number of hydrogen-bond acceptors (Lipinski definition) is 4. The highest BCUT2D eigenvalue weighted by Crippen LogP contribution is 2.50. The fourth-order valence-corrected chi connectivity index (χ4v) is 2.66. The van der Waals surface area contributed by atoms with Crippen molar-refractivity contribution in [1.82, 2.24) is 0 Å². The van der Waals surface area contributed by atoms with E-state index in [1.165, 1.54) is 0 Å². The normalized spacial score (nSPS) is 11.7. The van der Waals surface area contributed by atoms with Gasteiger partial charge in [-0.2, -0.15) is 0 Å². The highest BCUT2D eigenvalue weighted by Gasteiger charge is 2.33. The lowest BCUT2D eigenvalue weighted by molar-refractivity contribution is -0.114. The van der Waals surface area contributed by atoms with Crippen molar-refractivity contribution in [1.29, 1.82) is 0 Å². The summed E-state index contributed by atoms with van der Waals surface area (Å²) in [6.45, 7) is 6.26. The van der Waals surface area contributed by atoms with E-state index in [0.29, 0.717) is 19.6 Å². The summed E-state index contributed by atoms with van der Waals surface area (Å²) >= 11 is 0. The highest BCUT2D eigenvalue weighted by molar-refractivity contribution is 7.71. The predicted octanol–water partition coefficient (Wildman–Crippen LogP) is 3.36. The number of carbonyl (C=O) groups excluding carboxylic acids is 1. The molecule has 15 heavy (non-hydrogen) atoms. The molecule has 0 aliphatic carbocycles. The van der Waals surface area contributed by atoms with Crippen molar-refractivity contribution in [2.24, 2.45) is 0 Å². The van der Waals surface area contributed by atoms with E-state index in [1.807, 2.05) is 20.8 Å². The minimum absolute atomic E-state index is 0.255. The van der Waals surface area contributed by atoms with E-state index < -0.39 is 13.1 Å². The monoisotopic (exact) mass is 236 g/mol. The van der Waals surface area contributed by atoms with Crippen LogP contribution in [0.2, 0.25) is 0 Å². The first-order chi connectivity index (χ1) is 7.10. The molecule has 0 heterocycles. The minimum Gasteiger partial charge on any atom is -0.303 e. The first kappa shape index (κ1) is 14.8. The lowest BCUT2D eigenvalue weighted by atomic mass is 10.4. The Kier molecular flexibility index (Phi) is 7.93. The topological polar surface area (TPSA) is 52.6 Å². The van der Waals surface area contributed by atoms with Crippen LogP contribution in [0.3, 0.4) is 0 Å². The lowest BCUT2D eigenvalue weighted by Gasteiger charge is -2.16. The molecule has 0 aliphatic heterocycles. The predicted molar refractivity (Wildman–Crippen MR) is 60.0 cm³/mol. The molecule has 0 aromatic carbocycles. The summed E-state index contributed by atoms with van der Waals surface area (Å²) < 4.78 is 22.2. The van der Waals surface area contributed by atoms with E-state index in [9.17, 15) is 9.36 Å². The molecule has 0 atom stereocenters. The van der Waals surface area contributed by atoms with Gasteiger partial charge in [-0.15, -0.1) is 0 Å². The smallest absolute Gasteiger partial charge is 0.303 e. The Morgan fingerprint density at radius 1 is 1.00 bits per heavy atom. The molecule has 0 aromatic heterocycles. The molecule has 0 bridgehead atoms. The first-order valence-electron chi connectivity index (χ1n) is 5.53. The number of hydrogen-bond donors (Lipinski definition) is 0. The van der Waals surface area contributed by atoms with Gasteiger partial charge in [0.15, 0.2) is 0 Å². The molecule has 0 amide bonds. The Labute approximate surface area is 91.9 Å². The molecule has 0 aliphatic rings. The Balaban J connectivity index is 4.38. The van der Waals surface area contributed by atoms with Crippen molar-refractivity contribution in [3.05, 3.63) is 0 Å². The van der Waals surface area contributed by atoms with E-state index in [4.69, 9.17) is 9.05 Å². The van der Waals surface area contributed by atoms with Crippen molar-refractivity contribution in [3.8, 4) is 0 Å². The molecule has 4 nitrogen and oxygen atoms in total. The van der Waals surface area contributed by atoms with Crippen LogP contribution in [-0.2, 0) is 18.4 Å². The maximum atomic E-state index is 12.0. The van der Waals surface area contributed by atoms with Gasteiger partial charge in [-0.3, -0.25) is 9.36 Å². The zero-order valence-electron chi connectivity index (χ0n) is 9.82. The Hall–Kier alpha value is -0.180. The maximum absolute atomic E-state index is 12.0. The van der Waals surface area contributed by atoms with Gasteiger partial charge in [0.25, 0.3) is 0 Å². The average molecular weight is 236 g/mol. The summed E-state index contributed by atoms with van der Waals surface area (Å²) in [6.07, 6.45) is 2.36. The number of rotatable bonds is 9. The van der Waals surface area contributed by atoms with E-state index in [1.54, 1.807) is 0 Å². The van der Waals surface area contributed by atoms with Gasteiger partial charge in [-0.1, -0.05) is 20.8 Å². The molecular weight excluding hydrogens is 215 g/mol. The van der Waals surface area contributed by atoms with Crippen molar-refractivity contribution in [2.75, 3.05) is 13.2 Å². The SMILES string of the molecule is CCCOP(=O)(OCCC)C(=O)CCC. The zero-order chi connectivity index (χ0) is 11.7. The van der Waals surface area contributed by atoms with E-state index in [-0.39, 0.29) is 6.42 Å². The van der Waals surface area contributed by atoms with Gasteiger partial charge < -0.3 is 9.05 Å². The van der Waals surface area contributed by atoms with Crippen LogP contribution >= 0.6 is 7.60 Å². The molecule has 0 saturated heterocycles. The molecule has 0 rings (SSSR count). The van der Waals surface area contributed by atoms with Gasteiger partial charge in [0.1, 0.15) is 0 Å². The van der Waals surface area contributed by atoms with Crippen molar-refractivity contribution in [2.45, 2.75) is 46.5 Å². The molecule has 0 radical (unpaired) electrons. The zero-order valence-corrected chi connectivity index (χ0v) is 10.7. The molecule has 0 saturated carbocycles. The highest BCUT2D eigenvalue weighted by atomic mass is 31.2. The van der Waals surface area contributed by atoms with Crippen LogP contribution in [0, 0.1) is 0 Å². The van der Waals surface area contributed by atoms with Gasteiger partial charge in [0, 0.05) is 6.42 Å². The second-order valence-corrected chi connectivity index (χ2v) is 5.32. The van der Waals surface area contributed by atoms with Gasteiger partial charge in [0.2, 0.25) is 5.52 Å². The van der Waals surface area contributed by atoms with Crippen LogP contribution in [0.4, 0.5) is 0 Å². The molecule has 90 valence electrons. The third-order valence-electron chi connectivity index (χ3n) is 1.70. The van der Waals surface area contributed by atoms with Gasteiger partial charge in [0.05, 0.1) is 13.2 Å². The summed E-state index contributed by atoms with van der Waals surface area (Å²) in [6, 6.07) is 0. The molecule has 0 unspecified atom stereocenters. The molecule has 0 aromatic rings. The molecule has 0 fully saturated rings. The fourth-order valence-electron chi connectivity index (χ4n) is 0.955. The standard InChI is InChI=1S/C10H21O4P/c1-4-7-10(11)15(12,13-8-5-2)14-9-6-3/h4-9H2,1-3H3. The van der Waals surface area contributed by atoms with Crippen LogP contribution in [0.25, 0.3) is 0 Å². The van der Waals surface area contributed by atoms with Crippen LogP contribution in [-0.4, -0.2) is 18.7 Å². The van der Waals surface area contributed by atoms with Crippen LogP contribution in [0.5, 0.6) is 0 Å². The largest absolute Gasteiger partial charge is 0.396 e. The van der Waals surface area contributed by atoms with E-state index >= 15 is 0 Å². The molecule has 0 spiro atoms. The maximum Gasteiger partial charge on any atom is 0.396 e. The van der Waals surface area contributed by atoms with Crippen LogP contribution in [0.1, 0.15) is 46.5 Å². The first-order valence-corrected chi connectivity index (χ1v) is 7.07. The van der Waals surface area contributed by atoms with Gasteiger partial charge in [-0.05, 0) is 19.3 Å². The number of carbonyl (C=O) groups is 1. The van der Waals surface area contributed by atoms with Crippen molar-refractivity contribution < 1.29 is 18.4 Å². The summed E-state index contributed by atoms with van der Waals surface area (Å²) in [5.41, 5.74) is -0.396. The van der Waals surface area contributed by atoms with Crippen molar-refractivity contribution in [3.63, 3.8) is 0 Å². The van der Waals surface area contributed by atoms with Gasteiger partial charge in [-0.25, -0.2) is 0 Å². The quantitative estimate of drug-likeness (QED) is 0.576. The second-order valence-electron chi connectivity index (χ2n) is 3.31. The third kappa shape index (κ3) is 5.45. The third-order valence-corrected chi connectivity index (χ3v) is 3.58. The summed E-state index contributed by atoms with van der Waals surface area (Å²) in [7, 11) is -3.50. The molecule has 0 N–H and O–H groups in total. The lowest BCUT2D eigenvalue weighted by Crippen LogP contribution is -2.07. The minimum atomic E-state index is -3.50. The average Bonchev–Trinajstić information content (AvgIpc) is 2.24. The Morgan fingerprint density at radius 2 is 1.47 bits per heavy atom. The van der Waals surface area contributed by atoms with E-state index in [0.717, 1.165) is 12.8 Å². The van der Waals surface area contributed by atoms with Gasteiger partial charge >= 0.3 is 7.60 Å². The van der Waals surface area contributed by atoms with Crippen LogP contribution in [0.15, 0.2) is 0 Å². The molecule has 5 heteroatoms. The van der Waals surface area contributed by atoms with Crippen LogP contribution < -0.4 is 0 Å². The fraction of sp³-hybridized carbons (Fsp3) is 0.900. The summed E-state index contributed by atoms with van der Waals surface area (Å²) in [4.78, 5) is 11.6. The van der Waals surface area contributed by atoms with Crippen molar-refractivity contribution >= 4 is 13.1 Å².